The minimum Gasteiger partial charge on any atom is -0.477 e. The number of nitrogens with one attached hydrogen (secondary N) is 1. The monoisotopic (exact) mass is 529 g/mol. The van der Waals surface area contributed by atoms with Crippen LogP contribution in [0.15, 0.2) is 40.1 Å². The number of aryl methyl sites for hydroxylation is 1. The number of carbonyl (C=O) groups is 3. The first-order valence-electron chi connectivity index (χ1n) is 11.4. The van der Waals surface area contributed by atoms with Crippen molar-refractivity contribution in [1.82, 2.24) is 15.2 Å². The van der Waals surface area contributed by atoms with Gasteiger partial charge >= 0.3 is 5.97 Å². The van der Waals surface area contributed by atoms with Crippen molar-refractivity contribution in [3.8, 4) is 0 Å². The molecule has 0 radical (unpaired) electrons. The lowest BCUT2D eigenvalue weighted by molar-refractivity contribution is -0.697. The number of thiazole rings is 1. The second-order valence-corrected chi connectivity index (χ2v) is 10.6. The molecule has 11 nitrogen and oxygen atoms in total. The number of amides is 2. The number of β-lactam (4-membered cyclic amide) rings is 1. The lowest BCUT2D eigenvalue weighted by atomic mass is 9.95. The number of hydrogen-bond acceptors (Lipinski definition) is 9. The Morgan fingerprint density at radius 1 is 1.39 bits per heavy atom. The summed E-state index contributed by atoms with van der Waals surface area (Å²) in [5.74, 6) is -1.86. The van der Waals surface area contributed by atoms with Gasteiger partial charge in [0.1, 0.15) is 29.9 Å². The lowest BCUT2D eigenvalue weighted by Crippen LogP contribution is -2.71. The molecule has 2 unspecified atom stereocenters. The van der Waals surface area contributed by atoms with E-state index in [0.29, 0.717) is 17.9 Å². The van der Waals surface area contributed by atoms with Crippen LogP contribution in [0.1, 0.15) is 29.8 Å². The summed E-state index contributed by atoms with van der Waals surface area (Å²) in [6, 6.07) is 3.21. The summed E-state index contributed by atoms with van der Waals surface area (Å²) in [5, 5.41) is 17.7. The van der Waals surface area contributed by atoms with Crippen molar-refractivity contribution < 1.29 is 28.9 Å². The number of hydrogen-bond donors (Lipinski definition) is 3. The average molecular weight is 530 g/mol. The van der Waals surface area contributed by atoms with Crippen molar-refractivity contribution in [3.63, 3.8) is 0 Å². The molecule has 2 aliphatic heterocycles. The molecular weight excluding hydrogens is 504 g/mol. The maximum absolute atomic E-state index is 13.1. The molecule has 36 heavy (non-hydrogen) atoms. The van der Waals surface area contributed by atoms with Gasteiger partial charge in [-0.3, -0.25) is 14.5 Å². The maximum Gasteiger partial charge on any atom is 0.352 e. The lowest BCUT2D eigenvalue weighted by Gasteiger charge is -2.49. The zero-order chi connectivity index (χ0) is 25.4. The van der Waals surface area contributed by atoms with Gasteiger partial charge in [-0.05, 0) is 25.3 Å². The van der Waals surface area contributed by atoms with Crippen LogP contribution in [0.25, 0.3) is 0 Å². The fourth-order valence-corrected chi connectivity index (χ4v) is 6.72. The van der Waals surface area contributed by atoms with Gasteiger partial charge in [0, 0.05) is 34.8 Å². The Morgan fingerprint density at radius 3 is 2.92 bits per heavy atom. The van der Waals surface area contributed by atoms with Crippen LogP contribution < -0.4 is 15.6 Å². The van der Waals surface area contributed by atoms with Gasteiger partial charge in [-0.1, -0.05) is 5.16 Å². The SMILES string of the molecule is CON=C(C(=O)NC1C(=O)N2C(C(=O)O)=C(C[n+]3cccc4c3CCCC4)CSC12)c1csc(N)n1. The molecule has 0 saturated carbocycles. The highest BCUT2D eigenvalue weighted by molar-refractivity contribution is 8.00. The summed E-state index contributed by atoms with van der Waals surface area (Å²) in [6.45, 7) is 0.404. The summed E-state index contributed by atoms with van der Waals surface area (Å²) in [5.41, 5.74) is 8.96. The van der Waals surface area contributed by atoms with Crippen LogP contribution in [0.3, 0.4) is 0 Å². The normalized spacial score (nSPS) is 21.4. The number of aromatic nitrogens is 2. The Kier molecular flexibility index (Phi) is 6.67. The summed E-state index contributed by atoms with van der Waals surface area (Å²) in [4.78, 5) is 48.4. The van der Waals surface area contributed by atoms with Crippen molar-refractivity contribution >= 4 is 51.7 Å². The van der Waals surface area contributed by atoms with Crippen molar-refractivity contribution in [1.29, 1.82) is 0 Å². The summed E-state index contributed by atoms with van der Waals surface area (Å²) in [7, 11) is 1.30. The molecule has 5 rings (SSSR count). The fraction of sp³-hybridized carbons (Fsp3) is 0.391. The Morgan fingerprint density at radius 2 is 2.19 bits per heavy atom. The number of thioether (sulfide) groups is 1. The molecule has 2 aromatic rings. The Bertz CT molecular complexity index is 1310. The van der Waals surface area contributed by atoms with Crippen molar-refractivity contribution in [3.05, 3.63) is 51.9 Å². The first kappa shape index (κ1) is 24.3. The number of nitrogen functional groups attached to an aromatic ring is 1. The van der Waals surface area contributed by atoms with Crippen LogP contribution in [0.5, 0.6) is 0 Å². The standard InChI is InChI=1S/C23H24N6O5S2/c1-34-27-16(14-11-36-23(24)25-14)19(30)26-17-20(31)29-18(22(32)33)13(10-35-21(17)29)9-28-8-4-6-12-5-2-3-7-15(12)28/h4,6,8,11,17,21H,2-3,5,7,9-10H2,1H3,(H3-,24,25,26,30,32,33)/p+1. The molecule has 0 aromatic carbocycles. The number of nitrogens with two attached hydrogens (primary N) is 1. The van der Waals surface area contributed by atoms with E-state index in [1.807, 2.05) is 12.3 Å². The van der Waals surface area contributed by atoms with Crippen LogP contribution in [0.4, 0.5) is 5.13 Å². The maximum atomic E-state index is 13.1. The number of rotatable bonds is 7. The number of anilines is 1. The minimum absolute atomic E-state index is 0.00628. The van der Waals surface area contributed by atoms with Crippen LogP contribution >= 0.6 is 23.1 Å². The highest BCUT2D eigenvalue weighted by Crippen LogP contribution is 2.40. The van der Waals surface area contributed by atoms with E-state index in [9.17, 15) is 19.5 Å². The number of fused-ring (bicyclic) bond motifs is 2. The molecule has 1 saturated heterocycles. The Hall–Kier alpha value is -3.45. The van der Waals surface area contributed by atoms with Gasteiger partial charge in [-0.25, -0.2) is 9.78 Å². The van der Waals surface area contributed by atoms with Gasteiger partial charge in [0.05, 0.1) is 0 Å². The fourth-order valence-electron chi connectivity index (χ4n) is 4.83. The van der Waals surface area contributed by atoms with E-state index in [-0.39, 0.29) is 22.2 Å². The average Bonchev–Trinajstić information content (AvgIpc) is 3.31. The van der Waals surface area contributed by atoms with E-state index >= 15 is 0 Å². The molecular formula is C23H25N6O5S2+. The van der Waals surface area contributed by atoms with Crippen molar-refractivity contribution in [2.24, 2.45) is 5.16 Å². The highest BCUT2D eigenvalue weighted by Gasteiger charge is 2.55. The van der Waals surface area contributed by atoms with Gasteiger partial charge in [-0.2, -0.15) is 4.57 Å². The zero-order valence-corrected chi connectivity index (χ0v) is 21.1. The number of carbonyl (C=O) groups excluding carboxylic acids is 2. The van der Waals surface area contributed by atoms with E-state index in [2.05, 4.69) is 26.1 Å². The molecule has 188 valence electrons. The van der Waals surface area contributed by atoms with E-state index in [1.54, 1.807) is 5.38 Å². The van der Waals surface area contributed by atoms with Gasteiger partial charge in [0.15, 0.2) is 29.3 Å². The molecule has 2 atom stereocenters. The van der Waals surface area contributed by atoms with Crippen molar-refractivity contribution in [2.45, 2.75) is 43.6 Å². The van der Waals surface area contributed by atoms with Crippen LogP contribution in [-0.4, -0.2) is 62.8 Å². The number of oxime groups is 1. The van der Waals surface area contributed by atoms with Crippen LogP contribution in [0, 0.1) is 0 Å². The van der Waals surface area contributed by atoms with E-state index < -0.39 is 29.2 Å². The molecule has 2 amide bonds. The third-order valence-electron chi connectivity index (χ3n) is 6.45. The molecule has 13 heteroatoms. The number of carboxylic acid groups (broad SMARTS) is 1. The van der Waals surface area contributed by atoms with E-state index in [4.69, 9.17) is 10.6 Å². The number of pyridine rings is 1. The topological polar surface area (TPSA) is 151 Å². The van der Waals surface area contributed by atoms with Crippen LogP contribution in [0.2, 0.25) is 0 Å². The first-order chi connectivity index (χ1) is 17.4. The predicted molar refractivity (Wildman–Crippen MR) is 133 cm³/mol. The predicted octanol–water partition coefficient (Wildman–Crippen LogP) is 0.681. The summed E-state index contributed by atoms with van der Waals surface area (Å²) >= 11 is 2.57. The number of carboxylic acids is 1. The zero-order valence-electron chi connectivity index (χ0n) is 19.5. The molecule has 0 bridgehead atoms. The molecule has 3 aliphatic rings. The Balaban J connectivity index is 1.36. The second kappa shape index (κ2) is 9.90. The van der Waals surface area contributed by atoms with Crippen molar-refractivity contribution in [2.75, 3.05) is 18.6 Å². The number of aliphatic carboxylic acids is 1. The summed E-state index contributed by atoms with van der Waals surface area (Å²) < 4.78 is 2.10. The third-order valence-corrected chi connectivity index (χ3v) is 8.46. The minimum atomic E-state index is -1.15. The first-order valence-corrected chi connectivity index (χ1v) is 13.4. The molecule has 4 heterocycles. The summed E-state index contributed by atoms with van der Waals surface area (Å²) in [6.07, 6.45) is 6.20. The molecule has 4 N–H and O–H groups in total. The van der Waals surface area contributed by atoms with Crippen LogP contribution in [-0.2, 0) is 38.6 Å². The quantitative estimate of drug-likeness (QED) is 0.205. The molecule has 1 fully saturated rings. The largest absolute Gasteiger partial charge is 0.477 e. The second-order valence-electron chi connectivity index (χ2n) is 8.63. The smallest absolute Gasteiger partial charge is 0.352 e. The molecule has 0 spiro atoms. The highest BCUT2D eigenvalue weighted by atomic mass is 32.2. The van der Waals surface area contributed by atoms with Gasteiger partial charge in [0.2, 0.25) is 0 Å². The van der Waals surface area contributed by atoms with Gasteiger partial charge < -0.3 is 21.0 Å². The van der Waals surface area contributed by atoms with Gasteiger partial charge in [0.25, 0.3) is 11.8 Å². The van der Waals surface area contributed by atoms with E-state index in [1.165, 1.54) is 35.0 Å². The molecule has 2 aromatic heterocycles. The van der Waals surface area contributed by atoms with Gasteiger partial charge in [-0.15, -0.1) is 23.1 Å². The van der Waals surface area contributed by atoms with E-state index in [0.717, 1.165) is 37.0 Å². The number of nitrogens with zero attached hydrogens (tertiary/aromatic N) is 4. The third kappa shape index (κ3) is 4.32. The Labute approximate surface area is 215 Å². The molecule has 1 aliphatic carbocycles.